The molecular formula is C35H70N4. The largest absolute Gasteiger partial charge is 0.361 e. The lowest BCUT2D eigenvalue weighted by Crippen LogP contribution is -2.32. The molecule has 2 aliphatic rings. The highest BCUT2D eigenvalue weighted by molar-refractivity contribution is 5.84. The Bertz CT molecular complexity index is 664. The van der Waals surface area contributed by atoms with Gasteiger partial charge in [0, 0.05) is 39.5 Å². The summed E-state index contributed by atoms with van der Waals surface area (Å²) in [6, 6.07) is 0. The van der Waals surface area contributed by atoms with Gasteiger partial charge in [-0.05, 0) is 47.5 Å². The SMILES string of the molecule is CCCCCCCCCCCC1=NC(C)(C)CN1C.CCCCCCCCCCCC1=NC(C)(C)CN1CC. The molecule has 0 aromatic carbocycles. The zero-order valence-corrected chi connectivity index (χ0v) is 28.1. The van der Waals surface area contributed by atoms with Crippen molar-refractivity contribution in [3.8, 4) is 0 Å². The molecule has 0 bridgehead atoms. The van der Waals surface area contributed by atoms with Crippen LogP contribution in [0.1, 0.15) is 177 Å². The zero-order chi connectivity index (χ0) is 29.0. The van der Waals surface area contributed by atoms with Gasteiger partial charge < -0.3 is 9.80 Å². The first-order chi connectivity index (χ1) is 18.6. The molecule has 4 nitrogen and oxygen atoms in total. The Morgan fingerprint density at radius 1 is 0.513 bits per heavy atom. The fourth-order valence-electron chi connectivity index (χ4n) is 6.10. The minimum atomic E-state index is 0.142. The van der Waals surface area contributed by atoms with Crippen molar-refractivity contribution in [1.29, 1.82) is 0 Å². The molecule has 0 saturated carbocycles. The van der Waals surface area contributed by atoms with E-state index in [-0.39, 0.29) is 11.1 Å². The normalized spacial score (nSPS) is 17.7. The maximum Gasteiger partial charge on any atom is 0.0997 e. The molecule has 0 fully saturated rings. The predicted molar refractivity (Wildman–Crippen MR) is 177 cm³/mol. The fourth-order valence-corrected chi connectivity index (χ4v) is 6.10. The van der Waals surface area contributed by atoms with Crippen LogP contribution in [0.4, 0.5) is 0 Å². The molecule has 2 rings (SSSR count). The third kappa shape index (κ3) is 17.4. The van der Waals surface area contributed by atoms with Crippen molar-refractivity contribution in [2.75, 3.05) is 26.7 Å². The van der Waals surface area contributed by atoms with Crippen LogP contribution in [0, 0.1) is 0 Å². The van der Waals surface area contributed by atoms with Gasteiger partial charge in [-0.25, -0.2) is 0 Å². The van der Waals surface area contributed by atoms with Crippen LogP contribution in [-0.2, 0) is 0 Å². The molecular weight excluding hydrogens is 476 g/mol. The minimum absolute atomic E-state index is 0.142. The molecule has 0 spiro atoms. The van der Waals surface area contributed by atoms with Crippen LogP contribution in [0.2, 0.25) is 0 Å². The van der Waals surface area contributed by atoms with Crippen LogP contribution in [0.15, 0.2) is 9.98 Å². The molecule has 39 heavy (non-hydrogen) atoms. The van der Waals surface area contributed by atoms with Crippen LogP contribution in [-0.4, -0.2) is 59.2 Å². The van der Waals surface area contributed by atoms with Gasteiger partial charge >= 0.3 is 0 Å². The molecule has 0 aromatic heterocycles. The summed E-state index contributed by atoms with van der Waals surface area (Å²) < 4.78 is 0. The highest BCUT2D eigenvalue weighted by Gasteiger charge is 2.29. The summed E-state index contributed by atoms with van der Waals surface area (Å²) in [7, 11) is 2.18. The van der Waals surface area contributed by atoms with E-state index in [0.29, 0.717) is 0 Å². The van der Waals surface area contributed by atoms with Gasteiger partial charge in [0.1, 0.15) is 0 Å². The van der Waals surface area contributed by atoms with Crippen LogP contribution in [0.3, 0.4) is 0 Å². The summed E-state index contributed by atoms with van der Waals surface area (Å²) in [5, 5.41) is 0. The third-order valence-corrected chi connectivity index (χ3v) is 8.26. The van der Waals surface area contributed by atoms with Gasteiger partial charge in [0.05, 0.1) is 22.7 Å². The van der Waals surface area contributed by atoms with Crippen molar-refractivity contribution in [2.45, 2.75) is 188 Å². The summed E-state index contributed by atoms with van der Waals surface area (Å²) in [6.07, 6.45) is 27.6. The Kier molecular flexibility index (Phi) is 19.1. The molecule has 230 valence electrons. The standard InChI is InChI=1S/C18H36N2.C17H34N2/c1-5-7-8-9-10-11-12-13-14-15-17-19-18(3,4)16-20(17)6-2;1-5-6-7-8-9-10-11-12-13-14-16-18-17(2,3)15-19(16)4/h5-16H2,1-4H3;5-15H2,1-4H3. The minimum Gasteiger partial charge on any atom is -0.361 e. The van der Waals surface area contributed by atoms with E-state index in [9.17, 15) is 0 Å². The lowest BCUT2D eigenvalue weighted by atomic mass is 10.1. The Labute approximate surface area is 245 Å². The number of hydrogen-bond acceptors (Lipinski definition) is 4. The first-order valence-electron chi connectivity index (χ1n) is 17.3. The van der Waals surface area contributed by atoms with Crippen molar-refractivity contribution in [1.82, 2.24) is 9.80 Å². The highest BCUT2D eigenvalue weighted by atomic mass is 15.3. The molecule has 2 heterocycles. The number of unbranched alkanes of at least 4 members (excludes halogenated alkanes) is 16. The molecule has 0 saturated heterocycles. The number of nitrogens with zero attached hydrogens (tertiary/aromatic N) is 4. The quantitative estimate of drug-likeness (QED) is 0.134. The molecule has 4 heteroatoms. The number of amidine groups is 2. The first-order valence-corrected chi connectivity index (χ1v) is 17.3. The van der Waals surface area contributed by atoms with E-state index < -0.39 is 0 Å². The predicted octanol–water partition coefficient (Wildman–Crippen LogP) is 10.4. The highest BCUT2D eigenvalue weighted by Crippen LogP contribution is 2.23. The lowest BCUT2D eigenvalue weighted by Gasteiger charge is -2.20. The fraction of sp³-hybridized carbons (Fsp3) is 0.943. The average molecular weight is 547 g/mol. The van der Waals surface area contributed by atoms with Gasteiger partial charge in [-0.1, -0.05) is 117 Å². The van der Waals surface area contributed by atoms with Crippen molar-refractivity contribution in [3.05, 3.63) is 0 Å². The molecule has 0 unspecified atom stereocenters. The van der Waals surface area contributed by atoms with Crippen LogP contribution in [0.5, 0.6) is 0 Å². The van der Waals surface area contributed by atoms with Crippen LogP contribution >= 0.6 is 0 Å². The third-order valence-electron chi connectivity index (χ3n) is 8.26. The Morgan fingerprint density at radius 3 is 1.26 bits per heavy atom. The molecule has 0 aliphatic carbocycles. The summed E-state index contributed by atoms with van der Waals surface area (Å²) in [6.45, 7) is 19.1. The Hall–Kier alpha value is -1.06. The second kappa shape index (κ2) is 20.8. The van der Waals surface area contributed by atoms with Gasteiger partial charge in [0.25, 0.3) is 0 Å². The average Bonchev–Trinajstić information content (AvgIpc) is 3.34. The molecule has 0 atom stereocenters. The van der Waals surface area contributed by atoms with Crippen LogP contribution in [0.25, 0.3) is 0 Å². The molecule has 0 amide bonds. The van der Waals surface area contributed by atoms with Gasteiger partial charge in [0.2, 0.25) is 0 Å². The van der Waals surface area contributed by atoms with E-state index in [1.54, 1.807) is 0 Å². The van der Waals surface area contributed by atoms with Gasteiger partial charge in [-0.2, -0.15) is 0 Å². The number of aliphatic imine (C=N–C) groups is 2. The van der Waals surface area contributed by atoms with Crippen molar-refractivity contribution in [2.24, 2.45) is 9.98 Å². The number of rotatable bonds is 21. The second-order valence-corrected chi connectivity index (χ2v) is 13.7. The topological polar surface area (TPSA) is 31.2 Å². The molecule has 0 N–H and O–H groups in total. The molecule has 2 aliphatic heterocycles. The maximum absolute atomic E-state index is 4.88. The summed E-state index contributed by atoms with van der Waals surface area (Å²) in [5.74, 6) is 2.69. The van der Waals surface area contributed by atoms with E-state index in [4.69, 9.17) is 9.98 Å². The second-order valence-electron chi connectivity index (χ2n) is 13.7. The summed E-state index contributed by atoms with van der Waals surface area (Å²) in [4.78, 5) is 14.5. The van der Waals surface area contributed by atoms with Gasteiger partial charge in [0.15, 0.2) is 0 Å². The van der Waals surface area contributed by atoms with E-state index in [1.807, 2.05) is 0 Å². The van der Waals surface area contributed by atoms with E-state index in [2.05, 4.69) is 65.3 Å². The smallest absolute Gasteiger partial charge is 0.0997 e. The zero-order valence-electron chi connectivity index (χ0n) is 28.1. The van der Waals surface area contributed by atoms with Crippen molar-refractivity contribution in [3.63, 3.8) is 0 Å². The van der Waals surface area contributed by atoms with E-state index >= 15 is 0 Å². The van der Waals surface area contributed by atoms with E-state index in [1.165, 1.54) is 140 Å². The summed E-state index contributed by atoms with van der Waals surface area (Å²) in [5.41, 5.74) is 0.286. The number of hydrogen-bond donors (Lipinski definition) is 0. The molecule has 0 radical (unpaired) electrons. The summed E-state index contributed by atoms with van der Waals surface area (Å²) >= 11 is 0. The maximum atomic E-state index is 4.88. The molecule has 0 aromatic rings. The lowest BCUT2D eigenvalue weighted by molar-refractivity contribution is 0.385. The van der Waals surface area contributed by atoms with Gasteiger partial charge in [-0.15, -0.1) is 0 Å². The number of likely N-dealkylation sites (N-methyl/N-ethyl adjacent to an activating group) is 2. The Balaban J connectivity index is 0.000000391. The monoisotopic (exact) mass is 547 g/mol. The van der Waals surface area contributed by atoms with Crippen LogP contribution < -0.4 is 0 Å². The van der Waals surface area contributed by atoms with Gasteiger partial charge in [-0.3, -0.25) is 9.98 Å². The first kappa shape index (κ1) is 36.0. The van der Waals surface area contributed by atoms with Crippen molar-refractivity contribution < 1.29 is 0 Å². The van der Waals surface area contributed by atoms with E-state index in [0.717, 1.165) is 19.6 Å². The Morgan fingerprint density at radius 2 is 0.872 bits per heavy atom. The van der Waals surface area contributed by atoms with Crippen molar-refractivity contribution >= 4 is 11.7 Å².